The van der Waals surface area contributed by atoms with Gasteiger partial charge in [0.05, 0.1) is 0 Å². The second-order valence-corrected chi connectivity index (χ2v) is 4.40. The summed E-state index contributed by atoms with van der Waals surface area (Å²) in [5.41, 5.74) is 0.223. The Morgan fingerprint density at radius 3 is 2.54 bits per heavy atom. The van der Waals surface area contributed by atoms with E-state index < -0.39 is 0 Å². The summed E-state index contributed by atoms with van der Waals surface area (Å²) >= 11 is 0. The first-order chi connectivity index (χ1) is 6.13. The summed E-state index contributed by atoms with van der Waals surface area (Å²) < 4.78 is 0. The maximum Gasteiger partial charge on any atom is 0.120 e. The Bertz CT molecular complexity index is 174. The van der Waals surface area contributed by atoms with Gasteiger partial charge in [-0.1, -0.05) is 0 Å². The molecule has 1 aliphatic heterocycles. The van der Waals surface area contributed by atoms with E-state index in [-0.39, 0.29) is 5.41 Å². The third kappa shape index (κ3) is 2.29. The minimum absolute atomic E-state index is 0.223. The predicted octanol–water partition coefficient (Wildman–Crippen LogP) is 0.505. The summed E-state index contributed by atoms with van der Waals surface area (Å²) in [4.78, 5) is 12.9. The van der Waals surface area contributed by atoms with E-state index in [2.05, 4.69) is 24.1 Å². The van der Waals surface area contributed by atoms with Gasteiger partial charge in [0.2, 0.25) is 0 Å². The smallest absolute Gasteiger partial charge is 0.120 e. The van der Waals surface area contributed by atoms with Crippen LogP contribution in [0.5, 0.6) is 0 Å². The van der Waals surface area contributed by atoms with Gasteiger partial charge in [-0.05, 0) is 20.9 Å². The zero-order chi connectivity index (χ0) is 9.90. The molecule has 0 atom stereocenters. The molecule has 0 aromatic carbocycles. The maximum absolute atomic E-state index is 10.5. The van der Waals surface area contributed by atoms with Crippen LogP contribution in [0.1, 0.15) is 20.3 Å². The van der Waals surface area contributed by atoms with Crippen molar-refractivity contribution in [1.82, 2.24) is 10.2 Å². The van der Waals surface area contributed by atoms with Crippen LogP contribution >= 0.6 is 0 Å². The summed E-state index contributed by atoms with van der Waals surface area (Å²) in [6.07, 6.45) is 1.74. The zero-order valence-electron chi connectivity index (χ0n) is 8.84. The lowest BCUT2D eigenvalue weighted by Gasteiger charge is -2.51. The van der Waals surface area contributed by atoms with E-state index in [1.165, 1.54) is 0 Å². The SMILES string of the molecule is CNCC1(CC=O)CN(C(C)C)C1. The molecule has 1 rings (SSSR count). The lowest BCUT2D eigenvalue weighted by Crippen LogP contribution is -2.62. The molecule has 3 nitrogen and oxygen atoms in total. The molecule has 0 saturated carbocycles. The lowest BCUT2D eigenvalue weighted by molar-refractivity contribution is -0.114. The largest absolute Gasteiger partial charge is 0.319 e. The molecule has 0 aliphatic carbocycles. The van der Waals surface area contributed by atoms with E-state index in [4.69, 9.17) is 0 Å². The summed E-state index contributed by atoms with van der Waals surface area (Å²) in [5.74, 6) is 0. The van der Waals surface area contributed by atoms with Crippen LogP contribution in [-0.4, -0.2) is 43.9 Å². The Morgan fingerprint density at radius 1 is 1.54 bits per heavy atom. The molecule has 1 aliphatic rings. The van der Waals surface area contributed by atoms with Crippen LogP contribution in [0.3, 0.4) is 0 Å². The van der Waals surface area contributed by atoms with E-state index in [0.717, 1.165) is 25.9 Å². The van der Waals surface area contributed by atoms with Gasteiger partial charge in [0, 0.05) is 37.5 Å². The van der Waals surface area contributed by atoms with Crippen molar-refractivity contribution >= 4 is 6.29 Å². The minimum Gasteiger partial charge on any atom is -0.319 e. The van der Waals surface area contributed by atoms with Crippen molar-refractivity contribution in [2.75, 3.05) is 26.7 Å². The molecule has 0 aromatic heterocycles. The summed E-state index contributed by atoms with van der Waals surface area (Å²) in [5, 5.41) is 3.17. The number of rotatable bonds is 5. The molecule has 1 heterocycles. The average Bonchev–Trinajstić information content (AvgIpc) is 1.99. The molecule has 1 N–H and O–H groups in total. The van der Waals surface area contributed by atoms with Gasteiger partial charge in [0.1, 0.15) is 6.29 Å². The van der Waals surface area contributed by atoms with Crippen molar-refractivity contribution in [3.05, 3.63) is 0 Å². The van der Waals surface area contributed by atoms with Crippen LogP contribution < -0.4 is 5.32 Å². The molecule has 0 radical (unpaired) electrons. The molecule has 76 valence electrons. The van der Waals surface area contributed by atoms with Crippen molar-refractivity contribution < 1.29 is 4.79 Å². The van der Waals surface area contributed by atoms with Gasteiger partial charge >= 0.3 is 0 Å². The first-order valence-electron chi connectivity index (χ1n) is 4.96. The fourth-order valence-electron chi connectivity index (χ4n) is 2.05. The third-order valence-corrected chi connectivity index (χ3v) is 2.88. The summed E-state index contributed by atoms with van der Waals surface area (Å²) in [6.45, 7) is 7.47. The Labute approximate surface area is 80.5 Å². The van der Waals surface area contributed by atoms with Gasteiger partial charge in [-0.25, -0.2) is 0 Å². The van der Waals surface area contributed by atoms with Crippen molar-refractivity contribution in [3.8, 4) is 0 Å². The standard InChI is InChI=1S/C10H20N2O/c1-9(2)12-7-10(8-12,4-5-13)6-11-3/h5,9,11H,4,6-8H2,1-3H3. The monoisotopic (exact) mass is 184 g/mol. The second kappa shape index (κ2) is 4.20. The van der Waals surface area contributed by atoms with Crippen molar-refractivity contribution in [2.24, 2.45) is 5.41 Å². The number of hydrogen-bond acceptors (Lipinski definition) is 3. The Balaban J connectivity index is 2.42. The molecule has 0 amide bonds. The Morgan fingerprint density at radius 2 is 2.15 bits per heavy atom. The number of carbonyl (C=O) groups excluding carboxylic acids is 1. The van der Waals surface area contributed by atoms with Gasteiger partial charge < -0.3 is 10.1 Å². The van der Waals surface area contributed by atoms with E-state index in [1.54, 1.807) is 0 Å². The number of hydrogen-bond donors (Lipinski definition) is 1. The molecule has 3 heteroatoms. The molecular weight excluding hydrogens is 164 g/mol. The van der Waals surface area contributed by atoms with Gasteiger partial charge in [0.25, 0.3) is 0 Å². The van der Waals surface area contributed by atoms with Crippen LogP contribution in [0.15, 0.2) is 0 Å². The zero-order valence-corrected chi connectivity index (χ0v) is 8.84. The molecule has 1 saturated heterocycles. The van der Waals surface area contributed by atoms with Gasteiger partial charge in [-0.15, -0.1) is 0 Å². The van der Waals surface area contributed by atoms with E-state index in [9.17, 15) is 4.79 Å². The summed E-state index contributed by atoms with van der Waals surface area (Å²) in [7, 11) is 1.95. The highest BCUT2D eigenvalue weighted by Gasteiger charge is 2.42. The fourth-order valence-corrected chi connectivity index (χ4v) is 2.05. The van der Waals surface area contributed by atoms with Crippen molar-refractivity contribution in [1.29, 1.82) is 0 Å². The predicted molar refractivity (Wildman–Crippen MR) is 53.7 cm³/mol. The molecule has 1 fully saturated rings. The number of nitrogens with zero attached hydrogens (tertiary/aromatic N) is 1. The second-order valence-electron chi connectivity index (χ2n) is 4.40. The highest BCUT2D eigenvalue weighted by Crippen LogP contribution is 2.33. The van der Waals surface area contributed by atoms with Crippen LogP contribution in [0, 0.1) is 5.41 Å². The topological polar surface area (TPSA) is 32.3 Å². The van der Waals surface area contributed by atoms with Gasteiger partial charge in [0.15, 0.2) is 0 Å². The molecular formula is C10H20N2O. The lowest BCUT2D eigenvalue weighted by atomic mass is 9.76. The quantitative estimate of drug-likeness (QED) is 0.632. The maximum atomic E-state index is 10.5. The van der Waals surface area contributed by atoms with Crippen LogP contribution in [0.25, 0.3) is 0 Å². The molecule has 0 aromatic rings. The first kappa shape index (κ1) is 10.7. The van der Waals surface area contributed by atoms with Crippen molar-refractivity contribution in [3.63, 3.8) is 0 Å². The Kier molecular flexibility index (Phi) is 3.45. The van der Waals surface area contributed by atoms with Crippen molar-refractivity contribution in [2.45, 2.75) is 26.3 Å². The number of aldehydes is 1. The normalized spacial score (nSPS) is 21.5. The molecule has 13 heavy (non-hydrogen) atoms. The minimum atomic E-state index is 0.223. The van der Waals surface area contributed by atoms with Crippen LogP contribution in [0.4, 0.5) is 0 Å². The average molecular weight is 184 g/mol. The third-order valence-electron chi connectivity index (χ3n) is 2.88. The van der Waals surface area contributed by atoms with E-state index in [1.807, 2.05) is 7.05 Å². The van der Waals surface area contributed by atoms with Crippen LogP contribution in [0.2, 0.25) is 0 Å². The van der Waals surface area contributed by atoms with Gasteiger partial charge in [-0.2, -0.15) is 0 Å². The highest BCUT2D eigenvalue weighted by atomic mass is 16.1. The number of likely N-dealkylation sites (tertiary alicyclic amines) is 1. The summed E-state index contributed by atoms with van der Waals surface area (Å²) in [6, 6.07) is 0.608. The molecule has 0 bridgehead atoms. The Hall–Kier alpha value is -0.410. The molecule has 0 unspecified atom stereocenters. The number of nitrogens with one attached hydrogen (secondary N) is 1. The first-order valence-corrected chi connectivity index (χ1v) is 4.96. The van der Waals surface area contributed by atoms with Crippen LogP contribution in [-0.2, 0) is 4.79 Å². The fraction of sp³-hybridized carbons (Fsp3) is 0.900. The molecule has 0 spiro atoms. The number of carbonyl (C=O) groups is 1. The highest BCUT2D eigenvalue weighted by molar-refractivity contribution is 5.51. The van der Waals surface area contributed by atoms with E-state index >= 15 is 0 Å². The van der Waals surface area contributed by atoms with E-state index in [0.29, 0.717) is 12.5 Å². The van der Waals surface area contributed by atoms with Gasteiger partial charge in [-0.3, -0.25) is 4.90 Å².